The lowest BCUT2D eigenvalue weighted by Crippen LogP contribution is -2.40. The predicted molar refractivity (Wildman–Crippen MR) is 65.1 cm³/mol. The van der Waals surface area contributed by atoms with Crippen LogP contribution in [0.25, 0.3) is 0 Å². The van der Waals surface area contributed by atoms with E-state index in [-0.39, 0.29) is 5.78 Å². The molecule has 0 spiro atoms. The molecule has 0 aromatic heterocycles. The van der Waals surface area contributed by atoms with Gasteiger partial charge in [0, 0.05) is 41.0 Å². The van der Waals surface area contributed by atoms with E-state index in [1.165, 1.54) is 0 Å². The van der Waals surface area contributed by atoms with Crippen LogP contribution in [0, 0.1) is 0 Å². The Balaban J connectivity index is 1.91. The maximum Gasteiger partial charge on any atom is 0.176 e. The Morgan fingerprint density at radius 3 is 2.44 bits per heavy atom. The SMILES string of the molecule is O=C(CN1CCS(=O)CC1)c1ccccc1. The van der Waals surface area contributed by atoms with Crippen molar-refractivity contribution >= 4 is 16.6 Å². The van der Waals surface area contributed by atoms with E-state index in [2.05, 4.69) is 4.90 Å². The number of carbonyl (C=O) groups excluding carboxylic acids is 1. The van der Waals surface area contributed by atoms with Crippen molar-refractivity contribution in [3.05, 3.63) is 35.9 Å². The van der Waals surface area contributed by atoms with E-state index in [0.29, 0.717) is 18.1 Å². The third kappa shape index (κ3) is 3.00. The quantitative estimate of drug-likeness (QED) is 0.734. The molecule has 1 heterocycles. The van der Waals surface area contributed by atoms with Crippen molar-refractivity contribution in [2.45, 2.75) is 0 Å². The fraction of sp³-hybridized carbons (Fsp3) is 0.417. The molecule has 86 valence electrons. The minimum atomic E-state index is -0.673. The largest absolute Gasteiger partial charge is 0.294 e. The number of carbonyl (C=O) groups is 1. The Kier molecular flexibility index (Phi) is 3.85. The first-order valence-electron chi connectivity index (χ1n) is 5.41. The molecule has 16 heavy (non-hydrogen) atoms. The van der Waals surface area contributed by atoms with Crippen molar-refractivity contribution < 1.29 is 9.00 Å². The predicted octanol–water partition coefficient (Wildman–Crippen LogP) is 0.934. The lowest BCUT2D eigenvalue weighted by Gasteiger charge is -2.25. The van der Waals surface area contributed by atoms with Gasteiger partial charge in [-0.2, -0.15) is 0 Å². The first-order valence-corrected chi connectivity index (χ1v) is 6.90. The molecular formula is C12H15NO2S. The van der Waals surface area contributed by atoms with E-state index < -0.39 is 10.8 Å². The first-order chi connectivity index (χ1) is 7.75. The molecule has 1 aliphatic heterocycles. The number of Topliss-reactive ketones (excluding diaryl/α,β-unsaturated/α-hetero) is 1. The van der Waals surface area contributed by atoms with Gasteiger partial charge in [0.25, 0.3) is 0 Å². The summed E-state index contributed by atoms with van der Waals surface area (Å²) in [6.45, 7) is 1.98. The van der Waals surface area contributed by atoms with Crippen molar-refractivity contribution in [2.75, 3.05) is 31.1 Å². The minimum absolute atomic E-state index is 0.147. The van der Waals surface area contributed by atoms with Crippen LogP contribution >= 0.6 is 0 Å². The highest BCUT2D eigenvalue weighted by Gasteiger charge is 2.17. The van der Waals surface area contributed by atoms with Crippen LogP contribution in [0.1, 0.15) is 10.4 Å². The molecule has 0 atom stereocenters. The van der Waals surface area contributed by atoms with Crippen LogP contribution in [-0.4, -0.2) is 46.0 Å². The Hall–Kier alpha value is -1.00. The highest BCUT2D eigenvalue weighted by molar-refractivity contribution is 7.85. The topological polar surface area (TPSA) is 37.4 Å². The third-order valence-corrected chi connectivity index (χ3v) is 4.01. The molecule has 1 fully saturated rings. The summed E-state index contributed by atoms with van der Waals surface area (Å²) in [4.78, 5) is 14.0. The standard InChI is InChI=1S/C12H15NO2S/c14-12(11-4-2-1-3-5-11)10-13-6-8-16(15)9-7-13/h1-5H,6-10H2. The summed E-state index contributed by atoms with van der Waals surface area (Å²) >= 11 is 0. The van der Waals surface area contributed by atoms with Gasteiger partial charge in [-0.05, 0) is 0 Å². The number of nitrogens with zero attached hydrogens (tertiary/aromatic N) is 1. The third-order valence-electron chi connectivity index (χ3n) is 2.73. The van der Waals surface area contributed by atoms with Crippen molar-refractivity contribution in [2.24, 2.45) is 0 Å². The Labute approximate surface area is 97.9 Å². The van der Waals surface area contributed by atoms with Gasteiger partial charge in [0.2, 0.25) is 0 Å². The molecule has 0 amide bonds. The van der Waals surface area contributed by atoms with Crippen LogP contribution in [0.4, 0.5) is 0 Å². The second kappa shape index (κ2) is 5.37. The van der Waals surface area contributed by atoms with E-state index in [0.717, 1.165) is 18.7 Å². The fourth-order valence-electron chi connectivity index (χ4n) is 1.75. The molecular weight excluding hydrogens is 222 g/mol. The Bertz CT molecular complexity index is 381. The molecule has 0 N–H and O–H groups in total. The van der Waals surface area contributed by atoms with Crippen LogP contribution in [0.3, 0.4) is 0 Å². The van der Waals surface area contributed by atoms with E-state index in [4.69, 9.17) is 0 Å². The van der Waals surface area contributed by atoms with Crippen LogP contribution in [0.5, 0.6) is 0 Å². The summed E-state index contributed by atoms with van der Waals surface area (Å²) in [6.07, 6.45) is 0. The summed E-state index contributed by atoms with van der Waals surface area (Å²) < 4.78 is 11.2. The van der Waals surface area contributed by atoms with Gasteiger partial charge in [0.1, 0.15) is 0 Å². The molecule has 0 aliphatic carbocycles. The molecule has 3 nitrogen and oxygen atoms in total. The molecule has 1 aliphatic rings. The van der Waals surface area contributed by atoms with Gasteiger partial charge in [-0.15, -0.1) is 0 Å². The number of hydrogen-bond donors (Lipinski definition) is 0. The average molecular weight is 237 g/mol. The van der Waals surface area contributed by atoms with Gasteiger partial charge in [-0.1, -0.05) is 30.3 Å². The highest BCUT2D eigenvalue weighted by atomic mass is 32.2. The molecule has 0 saturated carbocycles. The molecule has 1 aromatic carbocycles. The lowest BCUT2D eigenvalue weighted by molar-refractivity contribution is 0.0936. The normalized spacial score (nSPS) is 18.5. The van der Waals surface area contributed by atoms with E-state index >= 15 is 0 Å². The Morgan fingerprint density at radius 2 is 1.81 bits per heavy atom. The number of rotatable bonds is 3. The zero-order valence-corrected chi connectivity index (χ0v) is 9.91. The molecule has 1 saturated heterocycles. The van der Waals surface area contributed by atoms with E-state index in [9.17, 15) is 9.00 Å². The highest BCUT2D eigenvalue weighted by Crippen LogP contribution is 2.04. The van der Waals surface area contributed by atoms with Gasteiger partial charge in [-0.25, -0.2) is 0 Å². The Morgan fingerprint density at radius 1 is 1.19 bits per heavy atom. The van der Waals surface area contributed by atoms with Crippen LogP contribution < -0.4 is 0 Å². The molecule has 1 aromatic rings. The molecule has 0 bridgehead atoms. The number of benzene rings is 1. The van der Waals surface area contributed by atoms with Crippen molar-refractivity contribution in [3.8, 4) is 0 Å². The van der Waals surface area contributed by atoms with E-state index in [1.54, 1.807) is 0 Å². The molecule has 0 unspecified atom stereocenters. The van der Waals surface area contributed by atoms with Gasteiger partial charge in [0.05, 0.1) is 6.54 Å². The van der Waals surface area contributed by atoms with Crippen molar-refractivity contribution in [3.63, 3.8) is 0 Å². The maximum atomic E-state index is 11.9. The second-order valence-electron chi connectivity index (χ2n) is 3.91. The van der Waals surface area contributed by atoms with E-state index in [1.807, 2.05) is 30.3 Å². The fourth-order valence-corrected chi connectivity index (χ4v) is 2.88. The number of ketones is 1. The molecule has 0 radical (unpaired) electrons. The first kappa shape index (κ1) is 11.5. The summed E-state index contributed by atoms with van der Waals surface area (Å²) in [7, 11) is -0.673. The van der Waals surface area contributed by atoms with Gasteiger partial charge >= 0.3 is 0 Å². The van der Waals surface area contributed by atoms with Crippen LogP contribution in [0.2, 0.25) is 0 Å². The minimum Gasteiger partial charge on any atom is -0.294 e. The number of hydrogen-bond acceptors (Lipinski definition) is 3. The average Bonchev–Trinajstić information content (AvgIpc) is 2.33. The second-order valence-corrected chi connectivity index (χ2v) is 5.61. The zero-order chi connectivity index (χ0) is 11.4. The van der Waals surface area contributed by atoms with Crippen molar-refractivity contribution in [1.82, 2.24) is 4.90 Å². The molecule has 2 rings (SSSR count). The lowest BCUT2D eigenvalue weighted by atomic mass is 10.1. The molecule has 4 heteroatoms. The summed E-state index contributed by atoms with van der Waals surface area (Å²) in [5.74, 6) is 1.54. The maximum absolute atomic E-state index is 11.9. The van der Waals surface area contributed by atoms with Crippen LogP contribution in [0.15, 0.2) is 30.3 Å². The summed E-state index contributed by atoms with van der Waals surface area (Å²) in [6, 6.07) is 9.33. The van der Waals surface area contributed by atoms with Crippen LogP contribution in [-0.2, 0) is 10.8 Å². The summed E-state index contributed by atoms with van der Waals surface area (Å²) in [5.41, 5.74) is 0.759. The van der Waals surface area contributed by atoms with Gasteiger partial charge in [0.15, 0.2) is 5.78 Å². The van der Waals surface area contributed by atoms with Crippen molar-refractivity contribution in [1.29, 1.82) is 0 Å². The smallest absolute Gasteiger partial charge is 0.176 e. The zero-order valence-electron chi connectivity index (χ0n) is 9.09. The van der Waals surface area contributed by atoms with Gasteiger partial charge < -0.3 is 0 Å². The monoisotopic (exact) mass is 237 g/mol. The summed E-state index contributed by atoms with van der Waals surface area (Å²) in [5, 5.41) is 0. The van der Waals surface area contributed by atoms with Gasteiger partial charge in [-0.3, -0.25) is 13.9 Å².